The van der Waals surface area contributed by atoms with E-state index in [4.69, 9.17) is 32.7 Å². The van der Waals surface area contributed by atoms with E-state index in [2.05, 4.69) is 10.4 Å². The van der Waals surface area contributed by atoms with Gasteiger partial charge in [-0.25, -0.2) is 9.59 Å². The van der Waals surface area contributed by atoms with Crippen LogP contribution in [0.15, 0.2) is 24.3 Å². The van der Waals surface area contributed by atoms with E-state index in [1.54, 1.807) is 23.7 Å². The summed E-state index contributed by atoms with van der Waals surface area (Å²) in [7, 11) is 0. The fourth-order valence-corrected chi connectivity index (χ4v) is 3.82. The molecule has 0 saturated carbocycles. The second-order valence-corrected chi connectivity index (χ2v) is 9.29. The van der Waals surface area contributed by atoms with Crippen LogP contribution in [0.4, 0.5) is 4.79 Å². The molecule has 32 heavy (non-hydrogen) atoms. The number of carbonyl (C=O) groups is 2. The summed E-state index contributed by atoms with van der Waals surface area (Å²) in [4.78, 5) is 24.5. The van der Waals surface area contributed by atoms with E-state index in [1.807, 2.05) is 39.8 Å². The van der Waals surface area contributed by atoms with Crippen LogP contribution in [0, 0.1) is 0 Å². The van der Waals surface area contributed by atoms with Gasteiger partial charge in [-0.1, -0.05) is 30.1 Å². The highest BCUT2D eigenvalue weighted by Crippen LogP contribution is 2.24. The van der Waals surface area contributed by atoms with Crippen LogP contribution in [0.1, 0.15) is 75.2 Å². The Kier molecular flexibility index (Phi) is 9.40. The van der Waals surface area contributed by atoms with Gasteiger partial charge in [-0.05, 0) is 70.4 Å². The molecule has 1 amide bonds. The fraction of sp³-hybridized carbons (Fsp3) is 0.522. The molecule has 176 valence electrons. The summed E-state index contributed by atoms with van der Waals surface area (Å²) in [5.74, 6) is -0.436. The average molecular weight is 484 g/mol. The SMILES string of the molecule is CCOC(=O)c1cc(Cc2cc(Cl)cc(Cl)c2)nn1C(CC)CCNC(=O)OC(C)(C)C. The first-order valence-electron chi connectivity index (χ1n) is 10.7. The first-order chi connectivity index (χ1) is 15.0. The maximum atomic E-state index is 12.6. The molecule has 2 rings (SSSR count). The third-order valence-corrected chi connectivity index (χ3v) is 4.98. The van der Waals surface area contributed by atoms with E-state index < -0.39 is 17.7 Å². The molecule has 0 aliphatic heterocycles. The van der Waals surface area contributed by atoms with Crippen molar-refractivity contribution >= 4 is 35.3 Å². The number of carbonyl (C=O) groups excluding carboxylic acids is 2. The molecule has 1 heterocycles. The minimum Gasteiger partial charge on any atom is -0.461 e. The van der Waals surface area contributed by atoms with E-state index in [0.717, 1.165) is 5.56 Å². The van der Waals surface area contributed by atoms with Crippen molar-refractivity contribution in [3.63, 3.8) is 0 Å². The summed E-state index contributed by atoms with van der Waals surface area (Å²) in [6.07, 6.45) is 1.28. The monoisotopic (exact) mass is 483 g/mol. The number of alkyl carbamates (subject to hydrolysis) is 1. The standard InChI is InChI=1S/C23H31Cl2N3O4/c1-6-19(8-9-26-22(30)32-23(3,4)5)28-20(21(29)31-7-2)14-18(27-28)12-15-10-16(24)13-17(25)11-15/h10-11,13-14,19H,6-9,12H2,1-5H3,(H,26,30). The van der Waals surface area contributed by atoms with Crippen molar-refractivity contribution in [2.24, 2.45) is 0 Å². The van der Waals surface area contributed by atoms with Crippen LogP contribution >= 0.6 is 23.2 Å². The van der Waals surface area contributed by atoms with Gasteiger partial charge in [0.1, 0.15) is 11.3 Å². The smallest absolute Gasteiger partial charge is 0.407 e. The largest absolute Gasteiger partial charge is 0.461 e. The first-order valence-corrected chi connectivity index (χ1v) is 11.4. The lowest BCUT2D eigenvalue weighted by atomic mass is 10.1. The number of nitrogens with zero attached hydrogens (tertiary/aromatic N) is 2. The van der Waals surface area contributed by atoms with Crippen LogP contribution in [0.3, 0.4) is 0 Å². The van der Waals surface area contributed by atoms with Gasteiger partial charge in [0.25, 0.3) is 0 Å². The average Bonchev–Trinajstić information content (AvgIpc) is 3.06. The van der Waals surface area contributed by atoms with Crippen molar-refractivity contribution in [3.8, 4) is 0 Å². The topological polar surface area (TPSA) is 82.5 Å². The number of hydrogen-bond donors (Lipinski definition) is 1. The van der Waals surface area contributed by atoms with Gasteiger partial charge in [-0.2, -0.15) is 5.10 Å². The molecule has 7 nitrogen and oxygen atoms in total. The van der Waals surface area contributed by atoms with Crippen LogP contribution in [0.5, 0.6) is 0 Å². The molecule has 9 heteroatoms. The lowest BCUT2D eigenvalue weighted by molar-refractivity contribution is 0.0496. The maximum absolute atomic E-state index is 12.6. The predicted molar refractivity (Wildman–Crippen MR) is 126 cm³/mol. The van der Waals surface area contributed by atoms with Gasteiger partial charge >= 0.3 is 12.1 Å². The van der Waals surface area contributed by atoms with Gasteiger partial charge in [0.05, 0.1) is 18.3 Å². The van der Waals surface area contributed by atoms with Crippen molar-refractivity contribution in [3.05, 3.63) is 51.3 Å². The number of nitrogens with one attached hydrogen (secondary N) is 1. The number of halogens is 2. The highest BCUT2D eigenvalue weighted by molar-refractivity contribution is 6.34. The van der Waals surface area contributed by atoms with Gasteiger partial charge in [0, 0.05) is 23.0 Å². The molecular formula is C23H31Cl2N3O4. The lowest BCUT2D eigenvalue weighted by Crippen LogP contribution is -2.34. The Balaban J connectivity index is 2.20. The van der Waals surface area contributed by atoms with Crippen LogP contribution in [0.25, 0.3) is 0 Å². The number of ether oxygens (including phenoxy) is 2. The van der Waals surface area contributed by atoms with Crippen molar-refractivity contribution in [2.75, 3.05) is 13.2 Å². The van der Waals surface area contributed by atoms with E-state index >= 15 is 0 Å². The van der Waals surface area contributed by atoms with Crippen LogP contribution in [-0.2, 0) is 15.9 Å². The van der Waals surface area contributed by atoms with Crippen molar-refractivity contribution in [2.45, 2.75) is 65.5 Å². The molecule has 2 aromatic rings. The predicted octanol–water partition coefficient (Wildman–Crippen LogP) is 5.82. The molecule has 1 unspecified atom stereocenters. The fourth-order valence-electron chi connectivity index (χ4n) is 3.24. The van der Waals surface area contributed by atoms with E-state index in [-0.39, 0.29) is 12.6 Å². The van der Waals surface area contributed by atoms with Crippen LogP contribution in [-0.4, -0.2) is 40.6 Å². The van der Waals surface area contributed by atoms with Crippen LogP contribution in [0.2, 0.25) is 10.0 Å². The zero-order valence-corrected chi connectivity index (χ0v) is 20.7. The number of aromatic nitrogens is 2. The Bertz CT molecular complexity index is 918. The van der Waals surface area contributed by atoms with E-state index in [9.17, 15) is 9.59 Å². The van der Waals surface area contributed by atoms with Gasteiger partial charge in [-0.3, -0.25) is 4.68 Å². The lowest BCUT2D eigenvalue weighted by Gasteiger charge is -2.21. The molecule has 0 bridgehead atoms. The number of esters is 1. The number of amides is 1. The molecule has 1 aromatic carbocycles. The molecular weight excluding hydrogens is 453 g/mol. The minimum absolute atomic E-state index is 0.110. The summed E-state index contributed by atoms with van der Waals surface area (Å²) in [6.45, 7) is 9.85. The summed E-state index contributed by atoms with van der Waals surface area (Å²) in [5.41, 5.74) is 1.40. The summed E-state index contributed by atoms with van der Waals surface area (Å²) >= 11 is 12.2. The minimum atomic E-state index is -0.564. The molecule has 0 fully saturated rings. The van der Waals surface area contributed by atoms with E-state index in [0.29, 0.717) is 47.2 Å². The Labute approximate surface area is 199 Å². The van der Waals surface area contributed by atoms with E-state index in [1.165, 1.54) is 0 Å². The Morgan fingerprint density at radius 3 is 2.34 bits per heavy atom. The molecule has 1 aromatic heterocycles. The molecule has 0 spiro atoms. The number of hydrogen-bond acceptors (Lipinski definition) is 5. The summed E-state index contributed by atoms with van der Waals surface area (Å²) in [6, 6.07) is 6.93. The van der Waals surface area contributed by atoms with Crippen molar-refractivity contribution in [1.29, 1.82) is 0 Å². The summed E-state index contributed by atoms with van der Waals surface area (Å²) in [5, 5.41) is 8.52. The van der Waals surface area contributed by atoms with Gasteiger partial charge in [-0.15, -0.1) is 0 Å². The third-order valence-electron chi connectivity index (χ3n) is 4.54. The zero-order chi connectivity index (χ0) is 23.9. The van der Waals surface area contributed by atoms with Crippen molar-refractivity contribution < 1.29 is 19.1 Å². The number of rotatable bonds is 9. The van der Waals surface area contributed by atoms with Crippen LogP contribution < -0.4 is 5.32 Å². The second-order valence-electron chi connectivity index (χ2n) is 8.42. The molecule has 0 saturated heterocycles. The zero-order valence-electron chi connectivity index (χ0n) is 19.2. The molecule has 1 N–H and O–H groups in total. The molecule has 0 radical (unpaired) electrons. The third kappa shape index (κ3) is 8.02. The van der Waals surface area contributed by atoms with Gasteiger partial charge in [0.2, 0.25) is 0 Å². The maximum Gasteiger partial charge on any atom is 0.407 e. The Hall–Kier alpha value is -2.25. The molecule has 1 atom stereocenters. The van der Waals surface area contributed by atoms with Gasteiger partial charge in [0.15, 0.2) is 0 Å². The second kappa shape index (κ2) is 11.6. The highest BCUT2D eigenvalue weighted by atomic mass is 35.5. The number of benzene rings is 1. The first kappa shape index (κ1) is 26.0. The Morgan fingerprint density at radius 2 is 1.78 bits per heavy atom. The Morgan fingerprint density at radius 1 is 1.12 bits per heavy atom. The normalized spacial score (nSPS) is 12.3. The van der Waals surface area contributed by atoms with Crippen molar-refractivity contribution in [1.82, 2.24) is 15.1 Å². The van der Waals surface area contributed by atoms with Gasteiger partial charge < -0.3 is 14.8 Å². The summed E-state index contributed by atoms with van der Waals surface area (Å²) < 4.78 is 12.2. The quantitative estimate of drug-likeness (QED) is 0.454. The molecule has 0 aliphatic carbocycles. The molecule has 0 aliphatic rings. The highest BCUT2D eigenvalue weighted by Gasteiger charge is 2.23.